The van der Waals surface area contributed by atoms with Crippen LogP contribution in [0.1, 0.15) is 23.6 Å². The van der Waals surface area contributed by atoms with E-state index in [4.69, 9.17) is 4.42 Å². The maximum absolute atomic E-state index is 6.67. The highest BCUT2D eigenvalue weighted by molar-refractivity contribution is 6.15. The van der Waals surface area contributed by atoms with Crippen molar-refractivity contribution in [2.75, 3.05) is 0 Å². The predicted octanol–water partition coefficient (Wildman–Crippen LogP) is 10.5. The normalized spacial score (nSPS) is 13.2. The first-order valence-electron chi connectivity index (χ1n) is 15.8. The van der Waals surface area contributed by atoms with Crippen LogP contribution in [0.15, 0.2) is 168 Å². The van der Waals surface area contributed by atoms with E-state index in [1.807, 2.05) is 0 Å². The lowest BCUT2D eigenvalue weighted by Gasteiger charge is -2.13. The van der Waals surface area contributed by atoms with Gasteiger partial charge in [0, 0.05) is 16.2 Å². The number of hydrogen-bond acceptors (Lipinski definition) is 1. The van der Waals surface area contributed by atoms with Gasteiger partial charge in [0.15, 0.2) is 0 Å². The number of furan rings is 1. The molecular formula is C45H30O. The summed E-state index contributed by atoms with van der Waals surface area (Å²) in [6.45, 7) is 2.24. The highest BCUT2D eigenvalue weighted by atomic mass is 16.3. The Morgan fingerprint density at radius 2 is 0.913 bits per heavy atom. The van der Waals surface area contributed by atoms with Gasteiger partial charge in [-0.25, -0.2) is 0 Å². The fourth-order valence-electron chi connectivity index (χ4n) is 7.09. The average molecular weight is 587 g/mol. The third-order valence-corrected chi connectivity index (χ3v) is 9.47. The summed E-state index contributed by atoms with van der Waals surface area (Å²) in [6.07, 6.45) is 0. The molecule has 9 rings (SSSR count). The zero-order valence-corrected chi connectivity index (χ0v) is 25.5. The van der Waals surface area contributed by atoms with Crippen molar-refractivity contribution < 1.29 is 4.42 Å². The standard InChI is InChI=1S/C45H30O/c1-29(33-20-18-30-10-2-4-13-34(30)26-33)38-15-8-9-17-41(38)44(36-21-19-31-11-3-5-14-35(31)27-36)37-23-24-40-42-25-22-32-12-6-7-16-39(32)45(42)46-43(40)28-37/h2-28H,1H3/b38-29+,44-41-. The SMILES string of the molecule is C/C(c1ccc2ccccc2c1)=c1/cccc/c1=C(\c1ccc2ccccc2c1)c1ccc2c(c1)oc1c3ccccc3ccc21. The van der Waals surface area contributed by atoms with Gasteiger partial charge in [0.05, 0.1) is 0 Å². The van der Waals surface area contributed by atoms with E-state index in [1.165, 1.54) is 59.6 Å². The topological polar surface area (TPSA) is 13.1 Å². The molecule has 0 aliphatic rings. The van der Waals surface area contributed by atoms with Gasteiger partial charge in [-0.05, 0) is 102 Å². The summed E-state index contributed by atoms with van der Waals surface area (Å²) in [7, 11) is 0. The molecule has 0 fully saturated rings. The van der Waals surface area contributed by atoms with Gasteiger partial charge in [0.1, 0.15) is 11.2 Å². The third-order valence-electron chi connectivity index (χ3n) is 9.47. The smallest absolute Gasteiger partial charge is 0.143 e. The molecule has 0 unspecified atom stereocenters. The molecule has 46 heavy (non-hydrogen) atoms. The van der Waals surface area contributed by atoms with Gasteiger partial charge in [0.25, 0.3) is 0 Å². The van der Waals surface area contributed by atoms with E-state index in [2.05, 4.69) is 171 Å². The second kappa shape index (κ2) is 10.6. The molecule has 1 nitrogen and oxygen atoms in total. The minimum absolute atomic E-state index is 0.898. The van der Waals surface area contributed by atoms with Crippen LogP contribution in [0.25, 0.3) is 65.4 Å². The summed E-state index contributed by atoms with van der Waals surface area (Å²) < 4.78 is 6.67. The van der Waals surface area contributed by atoms with Gasteiger partial charge in [-0.3, -0.25) is 0 Å². The molecule has 0 bridgehead atoms. The molecule has 0 amide bonds. The van der Waals surface area contributed by atoms with Crippen LogP contribution in [-0.2, 0) is 0 Å². The Labute approximate surface area is 267 Å². The molecule has 0 atom stereocenters. The lowest BCUT2D eigenvalue weighted by Crippen LogP contribution is -2.29. The van der Waals surface area contributed by atoms with Crippen molar-refractivity contribution in [3.63, 3.8) is 0 Å². The average Bonchev–Trinajstić information content (AvgIpc) is 3.50. The summed E-state index contributed by atoms with van der Waals surface area (Å²) in [5.41, 5.74) is 7.81. The summed E-state index contributed by atoms with van der Waals surface area (Å²) in [6, 6.07) is 59.1. The molecule has 216 valence electrons. The second-order valence-electron chi connectivity index (χ2n) is 12.1. The molecule has 8 aromatic carbocycles. The van der Waals surface area contributed by atoms with Crippen molar-refractivity contribution in [1.29, 1.82) is 0 Å². The molecule has 0 saturated carbocycles. The molecular weight excluding hydrogens is 556 g/mol. The van der Waals surface area contributed by atoms with Crippen molar-refractivity contribution >= 4 is 65.4 Å². The number of rotatable bonds is 3. The molecule has 1 heterocycles. The Kier molecular flexibility index (Phi) is 6.11. The van der Waals surface area contributed by atoms with Gasteiger partial charge in [-0.1, -0.05) is 133 Å². The molecule has 0 radical (unpaired) electrons. The van der Waals surface area contributed by atoms with E-state index in [0.717, 1.165) is 32.9 Å². The van der Waals surface area contributed by atoms with Crippen LogP contribution in [0, 0.1) is 0 Å². The van der Waals surface area contributed by atoms with E-state index >= 15 is 0 Å². The highest BCUT2D eigenvalue weighted by Crippen LogP contribution is 2.36. The maximum atomic E-state index is 6.67. The minimum atomic E-state index is 0.898. The van der Waals surface area contributed by atoms with Crippen LogP contribution in [-0.4, -0.2) is 0 Å². The number of fused-ring (bicyclic) bond motifs is 7. The quantitative estimate of drug-likeness (QED) is 0.201. The van der Waals surface area contributed by atoms with Crippen LogP contribution < -0.4 is 10.4 Å². The molecule has 1 heteroatoms. The first-order valence-corrected chi connectivity index (χ1v) is 15.8. The van der Waals surface area contributed by atoms with Crippen LogP contribution in [0.5, 0.6) is 0 Å². The fraction of sp³-hybridized carbons (Fsp3) is 0.0222. The second-order valence-corrected chi connectivity index (χ2v) is 12.1. The van der Waals surface area contributed by atoms with Gasteiger partial charge in [0.2, 0.25) is 0 Å². The monoisotopic (exact) mass is 586 g/mol. The minimum Gasteiger partial charge on any atom is -0.455 e. The van der Waals surface area contributed by atoms with Gasteiger partial charge in [-0.2, -0.15) is 0 Å². The van der Waals surface area contributed by atoms with Gasteiger partial charge >= 0.3 is 0 Å². The van der Waals surface area contributed by atoms with E-state index < -0.39 is 0 Å². The lowest BCUT2D eigenvalue weighted by atomic mass is 9.91. The van der Waals surface area contributed by atoms with Crippen molar-refractivity contribution in [2.24, 2.45) is 0 Å². The zero-order valence-electron chi connectivity index (χ0n) is 25.5. The van der Waals surface area contributed by atoms with Gasteiger partial charge < -0.3 is 4.42 Å². The molecule has 1 aromatic heterocycles. The van der Waals surface area contributed by atoms with Crippen molar-refractivity contribution in [2.45, 2.75) is 6.92 Å². The fourth-order valence-corrected chi connectivity index (χ4v) is 7.09. The van der Waals surface area contributed by atoms with E-state index in [0.29, 0.717) is 0 Å². The van der Waals surface area contributed by atoms with Crippen molar-refractivity contribution in [1.82, 2.24) is 0 Å². The summed E-state index contributed by atoms with van der Waals surface area (Å²) in [5.74, 6) is 0. The number of hydrogen-bond donors (Lipinski definition) is 0. The van der Waals surface area contributed by atoms with Crippen LogP contribution in [0.3, 0.4) is 0 Å². The van der Waals surface area contributed by atoms with Gasteiger partial charge in [-0.15, -0.1) is 0 Å². The first-order chi connectivity index (χ1) is 22.7. The van der Waals surface area contributed by atoms with Crippen LogP contribution in [0.2, 0.25) is 0 Å². The summed E-state index contributed by atoms with van der Waals surface area (Å²) in [4.78, 5) is 0. The van der Waals surface area contributed by atoms with E-state index in [9.17, 15) is 0 Å². The van der Waals surface area contributed by atoms with E-state index in [-0.39, 0.29) is 0 Å². The molecule has 0 aliphatic carbocycles. The van der Waals surface area contributed by atoms with Crippen LogP contribution >= 0.6 is 0 Å². The molecule has 0 saturated heterocycles. The maximum Gasteiger partial charge on any atom is 0.143 e. The lowest BCUT2D eigenvalue weighted by molar-refractivity contribution is 0.672. The summed E-state index contributed by atoms with van der Waals surface area (Å²) in [5, 5.41) is 12.0. The Balaban J connectivity index is 1.36. The molecule has 0 N–H and O–H groups in total. The Morgan fingerprint density at radius 1 is 0.391 bits per heavy atom. The first kappa shape index (κ1) is 26.5. The largest absolute Gasteiger partial charge is 0.455 e. The zero-order chi connectivity index (χ0) is 30.6. The molecule has 0 spiro atoms. The Morgan fingerprint density at radius 3 is 1.67 bits per heavy atom. The third kappa shape index (κ3) is 4.32. The Hall–Kier alpha value is -5.92. The summed E-state index contributed by atoms with van der Waals surface area (Å²) >= 11 is 0. The van der Waals surface area contributed by atoms with Crippen LogP contribution in [0.4, 0.5) is 0 Å². The predicted molar refractivity (Wildman–Crippen MR) is 195 cm³/mol. The highest BCUT2D eigenvalue weighted by Gasteiger charge is 2.15. The van der Waals surface area contributed by atoms with Crippen molar-refractivity contribution in [3.8, 4) is 0 Å². The molecule has 9 aromatic rings. The molecule has 0 aliphatic heterocycles. The Bertz CT molecular complexity index is 2760. The van der Waals surface area contributed by atoms with E-state index in [1.54, 1.807) is 0 Å². The number of benzene rings is 8. The van der Waals surface area contributed by atoms with Crippen molar-refractivity contribution in [3.05, 3.63) is 191 Å².